The van der Waals surface area contributed by atoms with Crippen LogP contribution in [0.4, 0.5) is 0 Å². The summed E-state index contributed by atoms with van der Waals surface area (Å²) < 4.78 is 8.16. The van der Waals surface area contributed by atoms with Gasteiger partial charge < -0.3 is 14.7 Å². The van der Waals surface area contributed by atoms with Gasteiger partial charge in [-0.15, -0.1) is 5.10 Å². The number of hydrogen-bond donors (Lipinski definition) is 1. The fraction of sp³-hybridized carbons (Fsp3) is 0.483. The van der Waals surface area contributed by atoms with Crippen LogP contribution in [0.2, 0.25) is 0 Å². The smallest absolute Gasteiger partial charge is 0.222 e. The minimum atomic E-state index is -0.237. The maximum Gasteiger partial charge on any atom is 0.222 e. The number of aromatic nitrogens is 3. The first-order valence-corrected chi connectivity index (χ1v) is 13.2. The van der Waals surface area contributed by atoms with E-state index in [1.165, 1.54) is 16.7 Å². The van der Waals surface area contributed by atoms with Gasteiger partial charge in [-0.2, -0.15) is 0 Å². The number of ether oxygens (including phenoxy) is 1. The first kappa shape index (κ1) is 27.0. The molecule has 8 nitrogen and oxygen atoms in total. The molecule has 1 N–H and O–H groups in total. The van der Waals surface area contributed by atoms with Crippen LogP contribution in [0.15, 0.2) is 60.8 Å². The van der Waals surface area contributed by atoms with Crippen LogP contribution in [0.1, 0.15) is 37.9 Å². The first-order chi connectivity index (χ1) is 17.9. The predicted octanol–water partition coefficient (Wildman–Crippen LogP) is 3.60. The van der Waals surface area contributed by atoms with E-state index >= 15 is 0 Å². The standard InChI is InChI=1S/C29H39N5O3/c1-22-16-34(23(2)20-35)29(36)10-7-15-33-18-27(30-31-33)21-37-28(22)19-32(3)17-24-11-13-26(14-12-24)25-8-5-4-6-9-25/h4-6,8-9,11-14,18,22-23,28,35H,7,10,15-17,19-21H2,1-3H3/t22-,23-,28+/m0/s1. The Morgan fingerprint density at radius 1 is 1.14 bits per heavy atom. The number of aliphatic hydroxyl groups is 1. The number of carbonyl (C=O) groups is 1. The van der Waals surface area contributed by atoms with Crippen LogP contribution in [-0.2, 0) is 29.2 Å². The summed E-state index contributed by atoms with van der Waals surface area (Å²) in [5.41, 5.74) is 4.44. The molecule has 0 saturated heterocycles. The van der Waals surface area contributed by atoms with Crippen molar-refractivity contribution in [1.29, 1.82) is 0 Å². The van der Waals surface area contributed by atoms with Crippen LogP contribution in [0.3, 0.4) is 0 Å². The molecule has 1 aliphatic rings. The number of nitrogens with zero attached hydrogens (tertiary/aromatic N) is 5. The van der Waals surface area contributed by atoms with Gasteiger partial charge in [-0.3, -0.25) is 14.4 Å². The molecule has 0 spiro atoms. The Balaban J connectivity index is 1.45. The number of fused-ring (bicyclic) bond motifs is 2. The summed E-state index contributed by atoms with van der Waals surface area (Å²) in [6.07, 6.45) is 2.87. The molecular formula is C29H39N5O3. The summed E-state index contributed by atoms with van der Waals surface area (Å²) in [7, 11) is 2.10. The van der Waals surface area contributed by atoms with Gasteiger partial charge in [-0.25, -0.2) is 0 Å². The lowest BCUT2D eigenvalue weighted by molar-refractivity contribution is -0.136. The van der Waals surface area contributed by atoms with Gasteiger partial charge in [-0.1, -0.05) is 66.7 Å². The third kappa shape index (κ3) is 7.47. The monoisotopic (exact) mass is 505 g/mol. The fourth-order valence-electron chi connectivity index (χ4n) is 4.81. The van der Waals surface area contributed by atoms with Crippen LogP contribution in [0, 0.1) is 5.92 Å². The Labute approximate surface area is 219 Å². The largest absolute Gasteiger partial charge is 0.394 e. The van der Waals surface area contributed by atoms with Gasteiger partial charge in [0, 0.05) is 38.5 Å². The number of benzene rings is 2. The van der Waals surface area contributed by atoms with Crippen molar-refractivity contribution in [2.24, 2.45) is 5.92 Å². The van der Waals surface area contributed by atoms with Gasteiger partial charge in [0.05, 0.1) is 31.6 Å². The van der Waals surface area contributed by atoms with E-state index in [2.05, 4.69) is 77.7 Å². The number of likely N-dealkylation sites (N-methyl/N-ethyl adjacent to an activating group) is 1. The molecular weight excluding hydrogens is 466 g/mol. The van der Waals surface area contributed by atoms with E-state index in [1.54, 1.807) is 4.68 Å². The number of aliphatic hydroxyl groups excluding tert-OH is 1. The summed E-state index contributed by atoms with van der Waals surface area (Å²) in [4.78, 5) is 17.1. The van der Waals surface area contributed by atoms with Crippen molar-refractivity contribution in [3.8, 4) is 11.1 Å². The molecule has 2 heterocycles. The van der Waals surface area contributed by atoms with Crippen LogP contribution < -0.4 is 0 Å². The van der Waals surface area contributed by atoms with Gasteiger partial charge in [0.2, 0.25) is 5.91 Å². The number of rotatable bonds is 7. The molecule has 1 aliphatic heterocycles. The Hall–Kier alpha value is -3.07. The second-order valence-corrected chi connectivity index (χ2v) is 10.2. The predicted molar refractivity (Wildman–Crippen MR) is 143 cm³/mol. The summed E-state index contributed by atoms with van der Waals surface area (Å²) in [6, 6.07) is 18.8. The molecule has 2 aromatic carbocycles. The molecule has 4 rings (SSSR count). The van der Waals surface area contributed by atoms with E-state index in [0.29, 0.717) is 39.1 Å². The molecule has 0 radical (unpaired) electrons. The summed E-state index contributed by atoms with van der Waals surface area (Å²) in [5, 5.41) is 18.2. The molecule has 0 saturated carbocycles. The maximum atomic E-state index is 13.0. The van der Waals surface area contributed by atoms with Crippen molar-refractivity contribution in [3.63, 3.8) is 0 Å². The summed E-state index contributed by atoms with van der Waals surface area (Å²) in [6.45, 7) is 6.98. The normalized spacial score (nSPS) is 20.2. The first-order valence-electron chi connectivity index (χ1n) is 13.2. The second kappa shape index (κ2) is 12.9. The topological polar surface area (TPSA) is 83.7 Å². The lowest BCUT2D eigenvalue weighted by Crippen LogP contribution is -2.47. The van der Waals surface area contributed by atoms with Crippen LogP contribution in [0.25, 0.3) is 11.1 Å². The highest BCUT2D eigenvalue weighted by molar-refractivity contribution is 5.76. The van der Waals surface area contributed by atoms with E-state index in [1.807, 2.05) is 24.1 Å². The number of hydrogen-bond acceptors (Lipinski definition) is 6. The summed E-state index contributed by atoms with van der Waals surface area (Å²) in [5.74, 6) is 0.121. The van der Waals surface area contributed by atoms with E-state index in [-0.39, 0.29) is 30.6 Å². The highest BCUT2D eigenvalue weighted by Gasteiger charge is 2.28. The highest BCUT2D eigenvalue weighted by Crippen LogP contribution is 2.21. The van der Waals surface area contributed by atoms with E-state index in [0.717, 1.165) is 12.2 Å². The Morgan fingerprint density at radius 2 is 1.86 bits per heavy atom. The molecule has 1 amide bonds. The fourth-order valence-corrected chi connectivity index (χ4v) is 4.81. The Bertz CT molecular complexity index is 1120. The van der Waals surface area contributed by atoms with Crippen LogP contribution in [0.5, 0.6) is 0 Å². The molecule has 0 unspecified atom stereocenters. The minimum absolute atomic E-state index is 0.0543. The third-order valence-corrected chi connectivity index (χ3v) is 7.05. The van der Waals surface area contributed by atoms with Crippen LogP contribution >= 0.6 is 0 Å². The zero-order valence-electron chi connectivity index (χ0n) is 22.2. The second-order valence-electron chi connectivity index (χ2n) is 10.2. The zero-order chi connectivity index (χ0) is 26.2. The number of amides is 1. The molecule has 8 heteroatoms. The van der Waals surface area contributed by atoms with E-state index in [9.17, 15) is 9.90 Å². The van der Waals surface area contributed by atoms with Gasteiger partial charge in [0.1, 0.15) is 5.69 Å². The molecule has 2 bridgehead atoms. The minimum Gasteiger partial charge on any atom is -0.394 e. The van der Waals surface area contributed by atoms with Crippen LogP contribution in [-0.4, -0.2) is 74.7 Å². The zero-order valence-corrected chi connectivity index (χ0v) is 22.2. The van der Waals surface area contributed by atoms with Gasteiger partial charge in [-0.05, 0) is 37.1 Å². The van der Waals surface area contributed by atoms with Gasteiger partial charge >= 0.3 is 0 Å². The lowest BCUT2D eigenvalue weighted by Gasteiger charge is -2.35. The summed E-state index contributed by atoms with van der Waals surface area (Å²) >= 11 is 0. The lowest BCUT2D eigenvalue weighted by atomic mass is 10.0. The molecule has 1 aromatic heterocycles. The number of aryl methyl sites for hydroxylation is 1. The van der Waals surface area contributed by atoms with Gasteiger partial charge in [0.25, 0.3) is 0 Å². The van der Waals surface area contributed by atoms with Crippen molar-refractivity contribution in [2.45, 2.75) is 58.5 Å². The average molecular weight is 506 g/mol. The molecule has 0 aliphatic carbocycles. The molecule has 0 fully saturated rings. The molecule has 3 atom stereocenters. The molecule has 37 heavy (non-hydrogen) atoms. The van der Waals surface area contributed by atoms with Crippen molar-refractivity contribution in [2.75, 3.05) is 26.7 Å². The quantitative estimate of drug-likeness (QED) is 0.528. The Morgan fingerprint density at radius 3 is 2.59 bits per heavy atom. The van der Waals surface area contributed by atoms with E-state index in [4.69, 9.17) is 4.74 Å². The van der Waals surface area contributed by atoms with Crippen molar-refractivity contribution in [3.05, 3.63) is 72.1 Å². The van der Waals surface area contributed by atoms with Gasteiger partial charge in [0.15, 0.2) is 0 Å². The van der Waals surface area contributed by atoms with Crippen molar-refractivity contribution < 1.29 is 14.6 Å². The van der Waals surface area contributed by atoms with Crippen molar-refractivity contribution >= 4 is 5.91 Å². The molecule has 3 aromatic rings. The maximum absolute atomic E-state index is 13.0. The Kier molecular flexibility index (Phi) is 9.44. The van der Waals surface area contributed by atoms with Crippen molar-refractivity contribution in [1.82, 2.24) is 24.8 Å². The number of carbonyl (C=O) groups excluding carboxylic acids is 1. The highest BCUT2D eigenvalue weighted by atomic mass is 16.5. The third-order valence-electron chi connectivity index (χ3n) is 7.05. The molecule has 198 valence electrons. The average Bonchev–Trinajstić information content (AvgIpc) is 3.37. The SMILES string of the molecule is C[C@H]1CN([C@@H](C)CO)C(=O)CCCn2cc(nn2)CO[C@@H]1CN(C)Cc1ccc(-c2ccccc2)cc1. The van der Waals surface area contributed by atoms with E-state index < -0.39 is 0 Å².